The molecule has 0 unspecified atom stereocenters. The maximum Gasteiger partial charge on any atom is 0.416 e. The molecular weight excluding hydrogens is 460 g/mol. The average molecular weight is 480 g/mol. The number of anilines is 2. The smallest absolute Gasteiger partial charge is 0.411 e. The molecule has 11 heteroatoms. The van der Waals surface area contributed by atoms with E-state index < -0.39 is 23.5 Å². The quantitative estimate of drug-likeness (QED) is 0.365. The first kappa shape index (κ1) is 23.1. The van der Waals surface area contributed by atoms with E-state index in [-0.39, 0.29) is 22.6 Å². The predicted molar refractivity (Wildman–Crippen MR) is 117 cm³/mol. The molecule has 1 fully saturated rings. The highest BCUT2D eigenvalue weighted by Gasteiger charge is 2.32. The highest BCUT2D eigenvalue weighted by atomic mass is 32.2. The normalized spacial score (nSPS) is 14.4. The summed E-state index contributed by atoms with van der Waals surface area (Å²) in [5.41, 5.74) is 0.384. The number of aromatic nitrogens is 2. The molecule has 1 aliphatic rings. The molecule has 2 heterocycles. The van der Waals surface area contributed by atoms with Crippen molar-refractivity contribution in [3.8, 4) is 11.5 Å². The second-order valence-corrected chi connectivity index (χ2v) is 8.42. The zero-order valence-corrected chi connectivity index (χ0v) is 18.2. The van der Waals surface area contributed by atoms with E-state index in [0.717, 1.165) is 56.2 Å². The standard InChI is InChI=1S/C22H20F4N4O2S/c23-16-7-4-14(5-8-16)20-28-29-21(32-20)33-13-19(31)27-17-12-15(22(24,25)26)6-9-18(17)30-10-2-1-3-11-30/h4-9,12H,1-3,10-11,13H2,(H,27,31). The molecule has 6 nitrogen and oxygen atoms in total. The third-order valence-electron chi connectivity index (χ3n) is 5.12. The first-order valence-electron chi connectivity index (χ1n) is 10.3. The van der Waals surface area contributed by atoms with Crippen molar-refractivity contribution in [3.05, 3.63) is 53.8 Å². The Kier molecular flexibility index (Phi) is 6.87. The molecule has 0 saturated carbocycles. The molecule has 4 rings (SSSR count). The maximum absolute atomic E-state index is 13.2. The minimum atomic E-state index is -4.52. The Labute approximate surface area is 191 Å². The van der Waals surface area contributed by atoms with E-state index in [1.165, 1.54) is 30.3 Å². The van der Waals surface area contributed by atoms with Crippen LogP contribution < -0.4 is 10.2 Å². The van der Waals surface area contributed by atoms with E-state index in [1.807, 2.05) is 4.90 Å². The summed E-state index contributed by atoms with van der Waals surface area (Å²) < 4.78 is 58.2. The number of halogens is 4. The molecule has 0 bridgehead atoms. The summed E-state index contributed by atoms with van der Waals surface area (Å²) in [6.45, 7) is 1.44. The van der Waals surface area contributed by atoms with E-state index in [4.69, 9.17) is 4.42 Å². The molecule has 3 aromatic rings. The van der Waals surface area contributed by atoms with Crippen molar-refractivity contribution < 1.29 is 26.8 Å². The van der Waals surface area contributed by atoms with Gasteiger partial charge in [-0.1, -0.05) is 11.8 Å². The van der Waals surface area contributed by atoms with Crippen LogP contribution >= 0.6 is 11.8 Å². The summed E-state index contributed by atoms with van der Waals surface area (Å²) in [5.74, 6) is -0.869. The molecule has 0 atom stereocenters. The molecule has 33 heavy (non-hydrogen) atoms. The van der Waals surface area contributed by atoms with Crippen LogP contribution in [-0.2, 0) is 11.0 Å². The lowest BCUT2D eigenvalue weighted by Gasteiger charge is -2.31. The van der Waals surface area contributed by atoms with Crippen LogP contribution in [0.15, 0.2) is 52.1 Å². The SMILES string of the molecule is O=C(CSc1nnc(-c2ccc(F)cc2)o1)Nc1cc(C(F)(F)F)ccc1N1CCCCC1. The molecule has 1 amide bonds. The van der Waals surface area contributed by atoms with Crippen LogP contribution in [0.5, 0.6) is 0 Å². The van der Waals surface area contributed by atoms with Gasteiger partial charge in [0, 0.05) is 18.7 Å². The highest BCUT2D eigenvalue weighted by molar-refractivity contribution is 7.99. The largest absolute Gasteiger partial charge is 0.416 e. The van der Waals surface area contributed by atoms with Crippen LogP contribution in [0.25, 0.3) is 11.5 Å². The number of alkyl halides is 3. The monoisotopic (exact) mass is 480 g/mol. The van der Waals surface area contributed by atoms with Crippen LogP contribution in [0.1, 0.15) is 24.8 Å². The van der Waals surface area contributed by atoms with Gasteiger partial charge in [-0.05, 0) is 61.7 Å². The molecule has 0 radical (unpaired) electrons. The Morgan fingerprint density at radius 3 is 2.48 bits per heavy atom. The van der Waals surface area contributed by atoms with Crippen LogP contribution in [0.3, 0.4) is 0 Å². The van der Waals surface area contributed by atoms with Crippen LogP contribution in [0.4, 0.5) is 28.9 Å². The van der Waals surface area contributed by atoms with Gasteiger partial charge in [0.25, 0.3) is 5.22 Å². The molecule has 174 valence electrons. The number of thioether (sulfide) groups is 1. The van der Waals surface area contributed by atoms with Gasteiger partial charge in [-0.2, -0.15) is 13.2 Å². The molecule has 1 aromatic heterocycles. The van der Waals surface area contributed by atoms with Gasteiger partial charge in [-0.25, -0.2) is 4.39 Å². The minimum Gasteiger partial charge on any atom is -0.411 e. The number of carbonyl (C=O) groups is 1. The Morgan fingerprint density at radius 2 is 1.79 bits per heavy atom. The van der Waals surface area contributed by atoms with E-state index in [1.54, 1.807) is 0 Å². The first-order chi connectivity index (χ1) is 15.8. The van der Waals surface area contributed by atoms with E-state index in [0.29, 0.717) is 11.3 Å². The third-order valence-corrected chi connectivity index (χ3v) is 5.94. The van der Waals surface area contributed by atoms with Crippen molar-refractivity contribution >= 4 is 29.0 Å². The molecule has 0 aliphatic carbocycles. The van der Waals surface area contributed by atoms with E-state index >= 15 is 0 Å². The maximum atomic E-state index is 13.2. The Bertz CT molecular complexity index is 1110. The number of nitrogens with one attached hydrogen (secondary N) is 1. The zero-order chi connectivity index (χ0) is 23.4. The van der Waals surface area contributed by atoms with Gasteiger partial charge in [-0.3, -0.25) is 4.79 Å². The molecular formula is C22H20F4N4O2S. The highest BCUT2D eigenvalue weighted by Crippen LogP contribution is 2.36. The van der Waals surface area contributed by atoms with Crippen LogP contribution in [0, 0.1) is 5.82 Å². The number of nitrogens with zero attached hydrogens (tertiary/aromatic N) is 3. The lowest BCUT2D eigenvalue weighted by Crippen LogP contribution is -2.30. The molecule has 2 aromatic carbocycles. The van der Waals surface area contributed by atoms with Gasteiger partial charge >= 0.3 is 6.18 Å². The fourth-order valence-electron chi connectivity index (χ4n) is 3.51. The second kappa shape index (κ2) is 9.82. The summed E-state index contributed by atoms with van der Waals surface area (Å²) in [5, 5.41) is 10.4. The number of carbonyl (C=O) groups excluding carboxylic acids is 1. The molecule has 0 spiro atoms. The van der Waals surface area contributed by atoms with Gasteiger partial charge in [0.05, 0.1) is 22.7 Å². The average Bonchev–Trinajstić information content (AvgIpc) is 3.27. The van der Waals surface area contributed by atoms with Crippen molar-refractivity contribution in [1.29, 1.82) is 0 Å². The summed E-state index contributed by atoms with van der Waals surface area (Å²) in [6.07, 6.45) is -1.57. The van der Waals surface area contributed by atoms with Crippen molar-refractivity contribution in [1.82, 2.24) is 10.2 Å². The van der Waals surface area contributed by atoms with Crippen molar-refractivity contribution in [2.45, 2.75) is 30.7 Å². The van der Waals surface area contributed by atoms with Crippen LogP contribution in [-0.4, -0.2) is 34.9 Å². The topological polar surface area (TPSA) is 71.3 Å². The van der Waals surface area contributed by atoms with Gasteiger partial charge in [0.15, 0.2) is 0 Å². The molecule has 1 aliphatic heterocycles. The number of piperidine rings is 1. The zero-order valence-electron chi connectivity index (χ0n) is 17.4. The molecule has 1 saturated heterocycles. The predicted octanol–water partition coefficient (Wildman–Crippen LogP) is 5.62. The number of rotatable bonds is 6. The fraction of sp³-hybridized carbons (Fsp3) is 0.318. The van der Waals surface area contributed by atoms with Gasteiger partial charge in [-0.15, -0.1) is 10.2 Å². The summed E-state index contributed by atoms with van der Waals surface area (Å²) in [4.78, 5) is 14.5. The summed E-state index contributed by atoms with van der Waals surface area (Å²) >= 11 is 0.955. The third kappa shape index (κ3) is 5.84. The second-order valence-electron chi connectivity index (χ2n) is 7.49. The first-order valence-corrected chi connectivity index (χ1v) is 11.3. The lowest BCUT2D eigenvalue weighted by molar-refractivity contribution is -0.137. The summed E-state index contributed by atoms with van der Waals surface area (Å²) in [6, 6.07) is 8.89. The molecule has 1 N–H and O–H groups in total. The Morgan fingerprint density at radius 1 is 1.06 bits per heavy atom. The Balaban J connectivity index is 1.44. The van der Waals surface area contributed by atoms with Crippen molar-refractivity contribution in [3.63, 3.8) is 0 Å². The van der Waals surface area contributed by atoms with Crippen molar-refractivity contribution in [2.75, 3.05) is 29.1 Å². The fourth-order valence-corrected chi connectivity index (χ4v) is 4.08. The van der Waals surface area contributed by atoms with Crippen LogP contribution in [0.2, 0.25) is 0 Å². The van der Waals surface area contributed by atoms with E-state index in [9.17, 15) is 22.4 Å². The minimum absolute atomic E-state index is 0.116. The van der Waals surface area contributed by atoms with Gasteiger partial charge in [0.2, 0.25) is 11.8 Å². The summed E-state index contributed by atoms with van der Waals surface area (Å²) in [7, 11) is 0. The number of benzene rings is 2. The van der Waals surface area contributed by atoms with Crippen molar-refractivity contribution in [2.24, 2.45) is 0 Å². The van der Waals surface area contributed by atoms with Gasteiger partial charge in [0.1, 0.15) is 5.82 Å². The lowest BCUT2D eigenvalue weighted by atomic mass is 10.1. The Hall–Kier alpha value is -3.08. The van der Waals surface area contributed by atoms with E-state index in [2.05, 4.69) is 15.5 Å². The number of hydrogen-bond donors (Lipinski definition) is 1. The number of amides is 1. The van der Waals surface area contributed by atoms with Gasteiger partial charge < -0.3 is 14.6 Å². The number of hydrogen-bond acceptors (Lipinski definition) is 6.